The number of rotatable bonds is 6. The number of nitrogens with zero attached hydrogens (tertiary/aromatic N) is 4. The molecule has 0 atom stereocenters. The molecule has 3 heterocycles. The molecule has 11 aromatic rings. The minimum atomic E-state index is -0.677. The van der Waals surface area contributed by atoms with E-state index in [2.05, 4.69) is 18.2 Å². The largest absolute Gasteiger partial charge is 0.308 e. The molecular formula is C51H32N4S. The van der Waals surface area contributed by atoms with Crippen LogP contribution in [0.5, 0.6) is 0 Å². The smallest absolute Gasteiger partial charge is 0.166 e. The minimum Gasteiger partial charge on any atom is -0.308 e. The number of hydrogen-bond acceptors (Lipinski definition) is 4. The fourth-order valence-electron chi connectivity index (χ4n) is 7.28. The molecule has 4 nitrogen and oxygen atoms in total. The molecule has 0 N–H and O–H groups in total. The summed E-state index contributed by atoms with van der Waals surface area (Å²) in [7, 11) is 0. The normalized spacial score (nSPS) is 14.3. The van der Waals surface area contributed by atoms with Gasteiger partial charge in [0.1, 0.15) is 0 Å². The van der Waals surface area contributed by atoms with Gasteiger partial charge in [-0.05, 0) is 58.6 Å². The van der Waals surface area contributed by atoms with Crippen molar-refractivity contribution in [2.75, 3.05) is 0 Å². The van der Waals surface area contributed by atoms with Crippen molar-refractivity contribution >= 4 is 53.3 Å². The first-order valence-electron chi connectivity index (χ1n) is 23.4. The van der Waals surface area contributed by atoms with Gasteiger partial charge in [-0.15, -0.1) is 11.3 Å². The zero-order valence-corrected chi connectivity index (χ0v) is 30.1. The van der Waals surface area contributed by atoms with Crippen molar-refractivity contribution in [3.8, 4) is 62.1 Å². The maximum absolute atomic E-state index is 9.79. The summed E-state index contributed by atoms with van der Waals surface area (Å²) in [6.45, 7) is 0. The van der Waals surface area contributed by atoms with Crippen LogP contribution in [0.2, 0.25) is 0 Å². The molecule has 0 aliphatic carbocycles. The second kappa shape index (κ2) is 13.3. The van der Waals surface area contributed by atoms with Gasteiger partial charge in [0.2, 0.25) is 0 Å². The van der Waals surface area contributed by atoms with E-state index < -0.39 is 59.5 Å². The molecule has 0 saturated carbocycles. The van der Waals surface area contributed by atoms with E-state index in [1.54, 1.807) is 15.9 Å². The fourth-order valence-corrected chi connectivity index (χ4v) is 8.52. The Morgan fingerprint density at radius 2 is 1.12 bits per heavy atom. The molecule has 11 rings (SSSR count). The van der Waals surface area contributed by atoms with E-state index in [9.17, 15) is 6.85 Å². The lowest BCUT2D eigenvalue weighted by molar-refractivity contribution is 1.06. The summed E-state index contributed by atoms with van der Waals surface area (Å²) in [6.07, 6.45) is 0. The average molecular weight is 744 g/mol. The molecule has 262 valence electrons. The summed E-state index contributed by atoms with van der Waals surface area (Å²) >= 11 is 1.64. The highest BCUT2D eigenvalue weighted by Crippen LogP contribution is 2.43. The van der Waals surface area contributed by atoms with Crippen molar-refractivity contribution in [2.45, 2.75) is 0 Å². The number of aromatic nitrogens is 4. The SMILES string of the molecule is [2H]c1cc([2H])c2c(c1[2H])c1c([2H])c(-c3c([2H])c([2H])c([2H])c([2H])c3[2H])c([2H])c([2H])c1n2-c1cc(-c2cccc3c2sc2ccccc23)ccc1-c1nc(-c2ccccc2)nc(-c2ccccc2)n1. The van der Waals surface area contributed by atoms with E-state index in [4.69, 9.17) is 23.2 Å². The van der Waals surface area contributed by atoms with Crippen LogP contribution in [0, 0.1) is 0 Å². The number of thiophene rings is 1. The predicted molar refractivity (Wildman–Crippen MR) is 234 cm³/mol. The molecule has 0 saturated heterocycles. The summed E-state index contributed by atoms with van der Waals surface area (Å²) in [4.78, 5) is 15.0. The number of hydrogen-bond donors (Lipinski definition) is 0. The highest BCUT2D eigenvalue weighted by atomic mass is 32.1. The first kappa shape index (κ1) is 22.9. The lowest BCUT2D eigenvalue weighted by Crippen LogP contribution is -2.04. The van der Waals surface area contributed by atoms with E-state index in [0.717, 1.165) is 42.4 Å². The summed E-state index contributed by atoms with van der Waals surface area (Å²) < 4.78 is 103. The van der Waals surface area contributed by atoms with Crippen LogP contribution in [0.1, 0.15) is 15.1 Å². The molecule has 3 aromatic heterocycles. The third-order valence-electron chi connectivity index (χ3n) is 9.85. The quantitative estimate of drug-likeness (QED) is 0.170. The maximum Gasteiger partial charge on any atom is 0.166 e. The van der Waals surface area contributed by atoms with Crippen LogP contribution in [0.25, 0.3) is 104 Å². The van der Waals surface area contributed by atoms with Crippen LogP contribution in [-0.4, -0.2) is 19.5 Å². The Bertz CT molecular complexity index is 3810. The molecule has 0 radical (unpaired) electrons. The zero-order chi connectivity index (χ0) is 46.6. The molecule has 0 bridgehead atoms. The van der Waals surface area contributed by atoms with Gasteiger partial charge >= 0.3 is 0 Å². The molecule has 56 heavy (non-hydrogen) atoms. The van der Waals surface area contributed by atoms with Gasteiger partial charge in [0, 0.05) is 47.6 Å². The van der Waals surface area contributed by atoms with Gasteiger partial charge < -0.3 is 4.57 Å². The van der Waals surface area contributed by atoms with Gasteiger partial charge in [0.25, 0.3) is 0 Å². The second-order valence-corrected chi connectivity index (χ2v) is 14.2. The second-order valence-electron chi connectivity index (χ2n) is 13.1. The Kier molecular flexibility index (Phi) is 5.42. The molecule has 5 heteroatoms. The van der Waals surface area contributed by atoms with E-state index in [1.807, 2.05) is 103 Å². The number of benzene rings is 8. The van der Waals surface area contributed by atoms with Crippen LogP contribution in [0.3, 0.4) is 0 Å². The van der Waals surface area contributed by atoms with Gasteiger partial charge in [-0.25, -0.2) is 15.0 Å². The average Bonchev–Trinajstić information content (AvgIpc) is 3.93. The first-order chi connectivity index (χ1) is 32.3. The third kappa shape index (κ3) is 5.40. The molecule has 0 unspecified atom stereocenters. The Hall–Kier alpha value is -7.21. The molecular weight excluding hydrogens is 701 g/mol. The summed E-state index contributed by atoms with van der Waals surface area (Å²) in [6, 6.07) is 34.2. The third-order valence-corrected chi connectivity index (χ3v) is 11.1. The highest BCUT2D eigenvalue weighted by Gasteiger charge is 2.21. The molecule has 8 aromatic carbocycles. The van der Waals surface area contributed by atoms with Crippen molar-refractivity contribution < 1.29 is 15.1 Å². The van der Waals surface area contributed by atoms with Gasteiger partial charge in [-0.2, -0.15) is 0 Å². The Morgan fingerprint density at radius 1 is 0.429 bits per heavy atom. The Balaban J connectivity index is 1.31. The molecule has 0 fully saturated rings. The molecule has 0 amide bonds. The topological polar surface area (TPSA) is 43.6 Å². The molecule has 0 spiro atoms. The van der Waals surface area contributed by atoms with Gasteiger partial charge in [0.15, 0.2) is 17.5 Å². The van der Waals surface area contributed by atoms with Crippen molar-refractivity contribution in [3.63, 3.8) is 0 Å². The zero-order valence-electron chi connectivity index (χ0n) is 40.3. The summed E-state index contributed by atoms with van der Waals surface area (Å²) in [5, 5.41) is 2.01. The van der Waals surface area contributed by atoms with Crippen LogP contribution in [0.4, 0.5) is 0 Å². The van der Waals surface area contributed by atoms with Crippen LogP contribution in [0.15, 0.2) is 194 Å². The van der Waals surface area contributed by atoms with E-state index in [0.29, 0.717) is 22.9 Å². The standard InChI is InChI=1S/C51H32N4S/c1-4-15-33(16-5-1)36-28-30-45-43(31-36)39-21-10-12-25-44(39)55(45)46-32-37(38-23-14-24-41-40-22-11-13-26-47(40)56-48(38)41)27-29-42(46)51-53-49(34-17-6-2-7-18-34)52-50(54-51)35-19-8-3-9-20-35/h1-32H/i1D,4D,5D,10D,15D,16D,21D,25D,28D,30D,31D. The molecule has 0 aliphatic rings. The maximum atomic E-state index is 9.79. The van der Waals surface area contributed by atoms with E-state index in [1.165, 1.54) is 6.07 Å². The van der Waals surface area contributed by atoms with Crippen molar-refractivity contribution in [1.82, 2.24) is 19.5 Å². The monoisotopic (exact) mass is 743 g/mol. The van der Waals surface area contributed by atoms with Crippen molar-refractivity contribution in [1.29, 1.82) is 0 Å². The first-order valence-corrected chi connectivity index (χ1v) is 18.7. The highest BCUT2D eigenvalue weighted by molar-refractivity contribution is 7.26. The van der Waals surface area contributed by atoms with E-state index >= 15 is 0 Å². The van der Waals surface area contributed by atoms with Crippen molar-refractivity contribution in [2.24, 2.45) is 0 Å². The Morgan fingerprint density at radius 3 is 1.91 bits per heavy atom. The fraction of sp³-hybridized carbons (Fsp3) is 0. The van der Waals surface area contributed by atoms with Crippen molar-refractivity contribution in [3.05, 3.63) is 194 Å². The number of para-hydroxylation sites is 1. The van der Waals surface area contributed by atoms with Crippen LogP contribution >= 0.6 is 11.3 Å². The summed E-state index contributed by atoms with van der Waals surface area (Å²) in [5.74, 6) is 0.964. The predicted octanol–water partition coefficient (Wildman–Crippen LogP) is 13.7. The lowest BCUT2D eigenvalue weighted by Gasteiger charge is -2.17. The summed E-state index contributed by atoms with van der Waals surface area (Å²) in [5.41, 5.74) is 2.94. The van der Waals surface area contributed by atoms with Crippen LogP contribution < -0.4 is 0 Å². The van der Waals surface area contributed by atoms with Gasteiger partial charge in [0.05, 0.1) is 31.8 Å². The van der Waals surface area contributed by atoms with E-state index in [-0.39, 0.29) is 45.8 Å². The minimum absolute atomic E-state index is 0.0480. The molecule has 0 aliphatic heterocycles. The Labute approximate surface area is 343 Å². The number of fused-ring (bicyclic) bond motifs is 6. The lowest BCUT2D eigenvalue weighted by atomic mass is 9.99. The van der Waals surface area contributed by atoms with Gasteiger partial charge in [-0.3, -0.25) is 0 Å². The van der Waals surface area contributed by atoms with Crippen LogP contribution in [-0.2, 0) is 0 Å². The van der Waals surface area contributed by atoms with Gasteiger partial charge in [-0.1, -0.05) is 158 Å².